The van der Waals surface area contributed by atoms with Crippen molar-refractivity contribution in [2.75, 3.05) is 18.9 Å². The van der Waals surface area contributed by atoms with Crippen molar-refractivity contribution in [3.8, 4) is 0 Å². The molecule has 0 saturated heterocycles. The number of rotatable bonds is 4. The van der Waals surface area contributed by atoms with Crippen LogP contribution in [0.25, 0.3) is 10.1 Å². The summed E-state index contributed by atoms with van der Waals surface area (Å²) in [5, 5.41) is 3.35. The van der Waals surface area contributed by atoms with Crippen LogP contribution in [0.3, 0.4) is 0 Å². The minimum Gasteiger partial charge on any atom is -0.332 e. The Balaban J connectivity index is 1.77. The lowest BCUT2D eigenvalue weighted by Gasteiger charge is -2.18. The summed E-state index contributed by atoms with van der Waals surface area (Å²) in [6.07, 6.45) is 0. The van der Waals surface area contributed by atoms with Gasteiger partial charge in [-0.15, -0.1) is 11.3 Å². The molecule has 2 aromatic carbocycles. The maximum absolute atomic E-state index is 14.1. The van der Waals surface area contributed by atoms with E-state index in [0.717, 1.165) is 21.5 Å². The van der Waals surface area contributed by atoms with Gasteiger partial charge >= 0.3 is 0 Å². The molecule has 0 fully saturated rings. The van der Waals surface area contributed by atoms with Gasteiger partial charge in [0.1, 0.15) is 5.82 Å². The Bertz CT molecular complexity index is 1020. The second kappa shape index (κ2) is 7.48. The Labute approximate surface area is 161 Å². The highest BCUT2D eigenvalue weighted by atomic mass is 32.1. The second-order valence-electron chi connectivity index (χ2n) is 6.65. The molecule has 4 nitrogen and oxygen atoms in total. The van der Waals surface area contributed by atoms with E-state index in [0.29, 0.717) is 15.8 Å². The van der Waals surface area contributed by atoms with E-state index in [-0.39, 0.29) is 24.2 Å². The van der Waals surface area contributed by atoms with Crippen LogP contribution in [-0.2, 0) is 4.79 Å². The number of thiophene rings is 1. The first-order valence-corrected chi connectivity index (χ1v) is 9.40. The van der Waals surface area contributed by atoms with Gasteiger partial charge in [-0.3, -0.25) is 9.59 Å². The molecular formula is C21H21FN2O2S. The van der Waals surface area contributed by atoms with Crippen LogP contribution in [0.15, 0.2) is 36.4 Å². The predicted octanol–water partition coefficient (Wildman–Crippen LogP) is 4.68. The van der Waals surface area contributed by atoms with Crippen LogP contribution in [0.1, 0.15) is 26.4 Å². The number of hydrogen-bond donors (Lipinski definition) is 1. The quantitative estimate of drug-likeness (QED) is 0.710. The van der Waals surface area contributed by atoms with Crippen molar-refractivity contribution in [1.82, 2.24) is 4.90 Å². The standard InChI is InChI=1S/C21H21FN2O2S/c1-12-7-5-8-13(2)19(12)23-17(25)11-24(4)21(26)20-14(3)18-15(22)9-6-10-16(18)27-20/h5-10H,11H2,1-4H3,(H,23,25). The van der Waals surface area contributed by atoms with Gasteiger partial charge in [-0.2, -0.15) is 0 Å². The minimum atomic E-state index is -0.337. The van der Waals surface area contributed by atoms with Gasteiger partial charge in [0.05, 0.1) is 11.4 Å². The number of nitrogens with zero attached hydrogens (tertiary/aromatic N) is 1. The third-order valence-corrected chi connectivity index (χ3v) is 5.82. The fourth-order valence-electron chi connectivity index (χ4n) is 3.11. The molecule has 6 heteroatoms. The normalized spacial score (nSPS) is 10.9. The number of anilines is 1. The lowest BCUT2D eigenvalue weighted by atomic mass is 10.1. The van der Waals surface area contributed by atoms with Gasteiger partial charge in [0.25, 0.3) is 5.91 Å². The number of amides is 2. The molecule has 0 spiro atoms. The summed E-state index contributed by atoms with van der Waals surface area (Å²) in [6, 6.07) is 10.6. The number of hydrogen-bond acceptors (Lipinski definition) is 3. The van der Waals surface area contributed by atoms with Crippen molar-refractivity contribution in [3.63, 3.8) is 0 Å². The fourth-order valence-corrected chi connectivity index (χ4v) is 4.33. The van der Waals surface area contributed by atoms with Gasteiger partial charge in [-0.25, -0.2) is 4.39 Å². The maximum Gasteiger partial charge on any atom is 0.264 e. The third-order valence-electron chi connectivity index (χ3n) is 4.57. The number of fused-ring (bicyclic) bond motifs is 1. The zero-order chi connectivity index (χ0) is 19.7. The second-order valence-corrected chi connectivity index (χ2v) is 7.70. The topological polar surface area (TPSA) is 49.4 Å². The number of carbonyl (C=O) groups is 2. The van der Waals surface area contributed by atoms with Gasteiger partial charge in [-0.05, 0) is 49.6 Å². The summed E-state index contributed by atoms with van der Waals surface area (Å²) >= 11 is 1.25. The molecule has 0 unspecified atom stereocenters. The van der Waals surface area contributed by atoms with Crippen LogP contribution in [0, 0.1) is 26.6 Å². The number of carbonyl (C=O) groups excluding carboxylic acids is 2. The van der Waals surface area contributed by atoms with Crippen molar-refractivity contribution in [3.05, 3.63) is 63.8 Å². The van der Waals surface area contributed by atoms with Crippen LogP contribution in [-0.4, -0.2) is 30.3 Å². The van der Waals surface area contributed by atoms with E-state index < -0.39 is 0 Å². The largest absolute Gasteiger partial charge is 0.332 e. The van der Waals surface area contributed by atoms with Crippen molar-refractivity contribution < 1.29 is 14.0 Å². The number of halogens is 1. The highest BCUT2D eigenvalue weighted by molar-refractivity contribution is 7.21. The first-order chi connectivity index (χ1) is 12.8. The average molecular weight is 384 g/mol. The van der Waals surface area contributed by atoms with Gasteiger partial charge in [0, 0.05) is 22.8 Å². The van der Waals surface area contributed by atoms with E-state index in [9.17, 15) is 14.0 Å². The first kappa shape index (κ1) is 19.0. The zero-order valence-electron chi connectivity index (χ0n) is 15.7. The maximum atomic E-state index is 14.1. The zero-order valence-corrected chi connectivity index (χ0v) is 16.5. The Morgan fingerprint density at radius 2 is 1.70 bits per heavy atom. The summed E-state index contributed by atoms with van der Waals surface area (Å²) in [7, 11) is 1.58. The number of aryl methyl sites for hydroxylation is 3. The third kappa shape index (κ3) is 3.71. The smallest absolute Gasteiger partial charge is 0.264 e. The summed E-state index contributed by atoms with van der Waals surface area (Å²) in [4.78, 5) is 27.0. The van der Waals surface area contributed by atoms with E-state index in [1.807, 2.05) is 32.0 Å². The van der Waals surface area contributed by atoms with Gasteiger partial charge in [0.15, 0.2) is 0 Å². The monoisotopic (exact) mass is 384 g/mol. The summed E-state index contributed by atoms with van der Waals surface area (Å²) in [5.74, 6) is -0.895. The number of benzene rings is 2. The molecule has 0 aliphatic carbocycles. The Kier molecular flexibility index (Phi) is 5.28. The Morgan fingerprint density at radius 3 is 2.33 bits per heavy atom. The van der Waals surface area contributed by atoms with Crippen molar-refractivity contribution in [2.24, 2.45) is 0 Å². The molecule has 3 aromatic rings. The Hall–Kier alpha value is -2.73. The molecule has 1 heterocycles. The molecule has 0 aliphatic rings. The molecule has 27 heavy (non-hydrogen) atoms. The van der Waals surface area contributed by atoms with Crippen LogP contribution < -0.4 is 5.32 Å². The lowest BCUT2D eigenvalue weighted by Crippen LogP contribution is -2.35. The van der Waals surface area contributed by atoms with Crippen LogP contribution in [0.4, 0.5) is 10.1 Å². The van der Waals surface area contributed by atoms with E-state index in [2.05, 4.69) is 5.32 Å². The number of nitrogens with one attached hydrogen (secondary N) is 1. The minimum absolute atomic E-state index is 0.0806. The van der Waals surface area contributed by atoms with Gasteiger partial charge in [0.2, 0.25) is 5.91 Å². The van der Waals surface area contributed by atoms with E-state index in [1.54, 1.807) is 26.1 Å². The Morgan fingerprint density at radius 1 is 1.07 bits per heavy atom. The molecule has 0 saturated carbocycles. The number of para-hydroxylation sites is 1. The molecule has 1 N–H and O–H groups in total. The molecule has 3 rings (SSSR count). The van der Waals surface area contributed by atoms with E-state index in [1.165, 1.54) is 22.3 Å². The SMILES string of the molecule is Cc1cccc(C)c1NC(=O)CN(C)C(=O)c1sc2cccc(F)c2c1C. The average Bonchev–Trinajstić information content (AvgIpc) is 2.95. The fraction of sp³-hybridized carbons (Fsp3) is 0.238. The van der Waals surface area contributed by atoms with Gasteiger partial charge < -0.3 is 10.2 Å². The summed E-state index contributed by atoms with van der Waals surface area (Å²) < 4.78 is 14.8. The molecule has 140 valence electrons. The molecule has 0 bridgehead atoms. The number of likely N-dealkylation sites (N-methyl/N-ethyl adjacent to an activating group) is 1. The van der Waals surface area contributed by atoms with Crippen LogP contribution >= 0.6 is 11.3 Å². The van der Waals surface area contributed by atoms with Crippen LogP contribution in [0.5, 0.6) is 0 Å². The lowest BCUT2D eigenvalue weighted by molar-refractivity contribution is -0.116. The van der Waals surface area contributed by atoms with Crippen LogP contribution in [0.2, 0.25) is 0 Å². The van der Waals surface area contributed by atoms with Gasteiger partial charge in [-0.1, -0.05) is 24.3 Å². The molecular weight excluding hydrogens is 363 g/mol. The first-order valence-electron chi connectivity index (χ1n) is 8.58. The highest BCUT2D eigenvalue weighted by Crippen LogP contribution is 2.33. The molecule has 1 aromatic heterocycles. The summed E-state index contributed by atoms with van der Waals surface area (Å²) in [5.41, 5.74) is 3.31. The van der Waals surface area contributed by atoms with Crippen molar-refractivity contribution in [1.29, 1.82) is 0 Å². The predicted molar refractivity (Wildman–Crippen MR) is 108 cm³/mol. The van der Waals surface area contributed by atoms with E-state index >= 15 is 0 Å². The molecule has 2 amide bonds. The summed E-state index contributed by atoms with van der Waals surface area (Å²) in [6.45, 7) is 5.50. The van der Waals surface area contributed by atoms with E-state index in [4.69, 9.17) is 0 Å². The molecule has 0 atom stereocenters. The van der Waals surface area contributed by atoms with Crippen molar-refractivity contribution >= 4 is 38.9 Å². The molecule has 0 radical (unpaired) electrons. The molecule has 0 aliphatic heterocycles. The highest BCUT2D eigenvalue weighted by Gasteiger charge is 2.22. The van der Waals surface area contributed by atoms with Crippen molar-refractivity contribution in [2.45, 2.75) is 20.8 Å².